The molecule has 0 saturated carbocycles. The minimum Gasteiger partial charge on any atom is -0.385 e. The molecule has 1 aromatic carbocycles. The molecular formula is C13H17Br2NO2. The average molecular weight is 379 g/mol. The van der Waals surface area contributed by atoms with Crippen LogP contribution in [-0.2, 0) is 4.74 Å². The van der Waals surface area contributed by atoms with Gasteiger partial charge in [0, 0.05) is 29.2 Å². The summed E-state index contributed by atoms with van der Waals surface area (Å²) in [5, 5.41) is 2.91. The molecule has 0 unspecified atom stereocenters. The summed E-state index contributed by atoms with van der Waals surface area (Å²) in [5.41, 5.74) is 0.662. The highest BCUT2D eigenvalue weighted by Gasteiger charge is 2.09. The number of hydrogen-bond acceptors (Lipinski definition) is 2. The van der Waals surface area contributed by atoms with Gasteiger partial charge in [0.2, 0.25) is 0 Å². The fraction of sp³-hybridized carbons (Fsp3) is 0.462. The molecule has 0 heterocycles. The largest absolute Gasteiger partial charge is 0.385 e. The minimum absolute atomic E-state index is 0.0406. The zero-order chi connectivity index (χ0) is 13.4. The minimum atomic E-state index is -0.0406. The first-order valence-corrected chi connectivity index (χ1v) is 7.46. The normalized spacial score (nSPS) is 10.4. The molecule has 1 rings (SSSR count). The van der Waals surface area contributed by atoms with Gasteiger partial charge in [-0.3, -0.25) is 4.79 Å². The van der Waals surface area contributed by atoms with Crippen LogP contribution in [0.3, 0.4) is 0 Å². The van der Waals surface area contributed by atoms with Crippen LogP contribution in [0.5, 0.6) is 0 Å². The van der Waals surface area contributed by atoms with E-state index in [0.717, 1.165) is 34.8 Å². The summed E-state index contributed by atoms with van der Waals surface area (Å²) in [6.07, 6.45) is 3.08. The van der Waals surface area contributed by atoms with Crippen molar-refractivity contribution >= 4 is 37.8 Å². The third-order valence-corrected chi connectivity index (χ3v) is 3.64. The van der Waals surface area contributed by atoms with Crippen molar-refractivity contribution in [3.63, 3.8) is 0 Å². The third-order valence-electron chi connectivity index (χ3n) is 2.49. The number of ether oxygens (including phenoxy) is 1. The van der Waals surface area contributed by atoms with Crippen molar-refractivity contribution in [2.75, 3.05) is 20.3 Å². The van der Waals surface area contributed by atoms with Gasteiger partial charge in [0.15, 0.2) is 0 Å². The predicted molar refractivity (Wildman–Crippen MR) is 79.9 cm³/mol. The number of hydrogen-bond donors (Lipinski definition) is 1. The Hall–Kier alpha value is -0.390. The number of unbranched alkanes of at least 4 members (excludes halogenated alkanes) is 2. The van der Waals surface area contributed by atoms with Gasteiger partial charge in [-0.1, -0.05) is 15.9 Å². The molecule has 3 nitrogen and oxygen atoms in total. The summed E-state index contributed by atoms with van der Waals surface area (Å²) in [6.45, 7) is 1.48. The van der Waals surface area contributed by atoms with Crippen LogP contribution in [-0.4, -0.2) is 26.2 Å². The molecule has 0 aliphatic rings. The van der Waals surface area contributed by atoms with E-state index in [0.29, 0.717) is 12.1 Å². The highest BCUT2D eigenvalue weighted by atomic mass is 79.9. The molecule has 0 bridgehead atoms. The van der Waals surface area contributed by atoms with Crippen molar-refractivity contribution in [3.05, 3.63) is 32.7 Å². The Morgan fingerprint density at radius 3 is 2.72 bits per heavy atom. The molecule has 0 aliphatic carbocycles. The van der Waals surface area contributed by atoms with Gasteiger partial charge < -0.3 is 10.1 Å². The van der Waals surface area contributed by atoms with Gasteiger partial charge in [0.25, 0.3) is 5.91 Å². The van der Waals surface area contributed by atoms with Crippen LogP contribution < -0.4 is 5.32 Å². The summed E-state index contributed by atoms with van der Waals surface area (Å²) in [7, 11) is 1.70. The van der Waals surface area contributed by atoms with E-state index in [4.69, 9.17) is 4.74 Å². The van der Waals surface area contributed by atoms with Crippen molar-refractivity contribution in [2.45, 2.75) is 19.3 Å². The molecule has 5 heteroatoms. The van der Waals surface area contributed by atoms with Crippen molar-refractivity contribution in [3.8, 4) is 0 Å². The smallest absolute Gasteiger partial charge is 0.252 e. The van der Waals surface area contributed by atoms with Crippen LogP contribution >= 0.6 is 31.9 Å². The molecule has 1 N–H and O–H groups in total. The summed E-state index contributed by atoms with van der Waals surface area (Å²) in [5.74, 6) is -0.0406. The molecule has 1 aromatic rings. The average Bonchev–Trinajstić information content (AvgIpc) is 2.33. The van der Waals surface area contributed by atoms with Crippen molar-refractivity contribution < 1.29 is 9.53 Å². The van der Waals surface area contributed by atoms with E-state index in [-0.39, 0.29) is 5.91 Å². The summed E-state index contributed by atoms with van der Waals surface area (Å²) >= 11 is 6.74. The molecule has 0 spiro atoms. The number of carbonyl (C=O) groups is 1. The maximum atomic E-state index is 11.9. The van der Waals surface area contributed by atoms with Crippen LogP contribution in [0.4, 0.5) is 0 Å². The second kappa shape index (κ2) is 8.67. The summed E-state index contributed by atoms with van der Waals surface area (Å²) in [4.78, 5) is 11.9. The van der Waals surface area contributed by atoms with E-state index in [1.165, 1.54) is 0 Å². The van der Waals surface area contributed by atoms with Crippen LogP contribution in [0, 0.1) is 0 Å². The van der Waals surface area contributed by atoms with E-state index in [2.05, 4.69) is 37.2 Å². The van der Waals surface area contributed by atoms with Crippen LogP contribution in [0.25, 0.3) is 0 Å². The molecule has 0 aromatic heterocycles. The van der Waals surface area contributed by atoms with Crippen LogP contribution in [0.15, 0.2) is 27.1 Å². The third kappa shape index (κ3) is 5.50. The summed E-state index contributed by atoms with van der Waals surface area (Å²) in [6, 6.07) is 5.53. The Balaban J connectivity index is 2.32. The lowest BCUT2D eigenvalue weighted by Crippen LogP contribution is -2.24. The van der Waals surface area contributed by atoms with E-state index >= 15 is 0 Å². The van der Waals surface area contributed by atoms with Crippen molar-refractivity contribution in [1.82, 2.24) is 5.32 Å². The van der Waals surface area contributed by atoms with E-state index in [1.807, 2.05) is 12.1 Å². The number of carbonyl (C=O) groups excluding carboxylic acids is 1. The lowest BCUT2D eigenvalue weighted by Gasteiger charge is -2.07. The lowest BCUT2D eigenvalue weighted by molar-refractivity contribution is 0.0952. The first kappa shape index (κ1) is 15.7. The molecule has 0 fully saturated rings. The van der Waals surface area contributed by atoms with E-state index < -0.39 is 0 Å². The second-order valence-corrected chi connectivity index (χ2v) is 5.70. The Kier molecular flexibility index (Phi) is 7.54. The maximum Gasteiger partial charge on any atom is 0.252 e. The van der Waals surface area contributed by atoms with Crippen LogP contribution in [0.2, 0.25) is 0 Å². The molecule has 0 atom stereocenters. The van der Waals surface area contributed by atoms with E-state index in [1.54, 1.807) is 13.2 Å². The Morgan fingerprint density at radius 1 is 1.28 bits per heavy atom. The molecule has 0 saturated heterocycles. The first-order chi connectivity index (χ1) is 8.65. The number of methoxy groups -OCH3 is 1. The van der Waals surface area contributed by atoms with Gasteiger partial charge in [-0.2, -0.15) is 0 Å². The number of nitrogens with one attached hydrogen (secondary N) is 1. The molecule has 100 valence electrons. The number of halogens is 2. The monoisotopic (exact) mass is 377 g/mol. The maximum absolute atomic E-state index is 11.9. The van der Waals surface area contributed by atoms with Gasteiger partial charge in [-0.05, 0) is 53.4 Å². The highest BCUT2D eigenvalue weighted by molar-refractivity contribution is 9.11. The zero-order valence-corrected chi connectivity index (χ0v) is 13.5. The van der Waals surface area contributed by atoms with Crippen molar-refractivity contribution in [2.24, 2.45) is 0 Å². The topological polar surface area (TPSA) is 38.3 Å². The van der Waals surface area contributed by atoms with E-state index in [9.17, 15) is 4.79 Å². The van der Waals surface area contributed by atoms with Gasteiger partial charge in [-0.25, -0.2) is 0 Å². The lowest BCUT2D eigenvalue weighted by atomic mass is 10.2. The van der Waals surface area contributed by atoms with Gasteiger partial charge in [0.1, 0.15) is 0 Å². The summed E-state index contributed by atoms with van der Waals surface area (Å²) < 4.78 is 6.72. The number of amides is 1. The second-order valence-electron chi connectivity index (χ2n) is 3.93. The van der Waals surface area contributed by atoms with Crippen molar-refractivity contribution in [1.29, 1.82) is 0 Å². The molecular weight excluding hydrogens is 362 g/mol. The Labute approximate surface area is 125 Å². The van der Waals surface area contributed by atoms with Gasteiger partial charge in [-0.15, -0.1) is 0 Å². The zero-order valence-electron chi connectivity index (χ0n) is 10.3. The standard InChI is InChI=1S/C13H17Br2NO2/c1-18-8-4-2-3-7-16-13(17)11-6-5-10(14)9-12(11)15/h5-6,9H,2-4,7-8H2,1H3,(H,16,17). The predicted octanol–water partition coefficient (Wildman–Crippen LogP) is 3.76. The Bertz CT molecular complexity index is 397. The first-order valence-electron chi connectivity index (χ1n) is 5.87. The molecule has 18 heavy (non-hydrogen) atoms. The van der Waals surface area contributed by atoms with Gasteiger partial charge in [0.05, 0.1) is 5.56 Å². The highest BCUT2D eigenvalue weighted by Crippen LogP contribution is 2.21. The molecule has 1 amide bonds. The molecule has 0 radical (unpaired) electrons. The quantitative estimate of drug-likeness (QED) is 0.733. The van der Waals surface area contributed by atoms with Gasteiger partial charge >= 0.3 is 0 Å². The fourth-order valence-electron chi connectivity index (χ4n) is 1.52. The number of rotatable bonds is 7. The Morgan fingerprint density at radius 2 is 2.06 bits per heavy atom. The van der Waals surface area contributed by atoms with Crippen LogP contribution in [0.1, 0.15) is 29.6 Å². The fourth-order valence-corrected chi connectivity index (χ4v) is 2.75. The SMILES string of the molecule is COCCCCCNC(=O)c1ccc(Br)cc1Br. The molecule has 0 aliphatic heterocycles. The number of benzene rings is 1.